The smallest absolute Gasteiger partial charge is 0.207 e. The fourth-order valence-electron chi connectivity index (χ4n) is 2.33. The molecule has 1 aliphatic carbocycles. The summed E-state index contributed by atoms with van der Waals surface area (Å²) in [6.45, 7) is 1.95. The fraction of sp³-hybridized carbons (Fsp3) is 0.500. The second kappa shape index (κ2) is 6.30. The molecule has 114 valence electrons. The maximum absolute atomic E-state index is 13.1. The van der Waals surface area contributed by atoms with Gasteiger partial charge in [-0.25, -0.2) is 12.8 Å². The first-order valence-corrected chi connectivity index (χ1v) is 8.53. The third kappa shape index (κ3) is 3.54. The number of benzene rings is 1. The molecule has 0 bridgehead atoms. The molecule has 0 amide bonds. The van der Waals surface area contributed by atoms with Crippen molar-refractivity contribution in [1.29, 1.82) is 5.26 Å². The third-order valence-electron chi connectivity index (χ3n) is 3.68. The molecular weight excluding hydrogens is 315 g/mol. The van der Waals surface area contributed by atoms with Gasteiger partial charge in [0.05, 0.1) is 11.1 Å². The monoisotopic (exact) mass is 330 g/mol. The molecule has 1 atom stereocenters. The Balaban J connectivity index is 2.38. The Morgan fingerprint density at radius 3 is 2.71 bits per heavy atom. The first-order chi connectivity index (χ1) is 9.87. The van der Waals surface area contributed by atoms with Crippen molar-refractivity contribution in [3.05, 3.63) is 29.0 Å². The van der Waals surface area contributed by atoms with E-state index in [1.165, 1.54) is 10.4 Å². The highest BCUT2D eigenvalue weighted by Crippen LogP contribution is 2.38. The summed E-state index contributed by atoms with van der Waals surface area (Å²) < 4.78 is 39.9. The molecule has 21 heavy (non-hydrogen) atoms. The van der Waals surface area contributed by atoms with Gasteiger partial charge in [0.1, 0.15) is 10.7 Å². The van der Waals surface area contributed by atoms with Crippen LogP contribution in [0.25, 0.3) is 0 Å². The molecular formula is C14H16ClFN2O2S. The minimum Gasteiger partial charge on any atom is -0.207 e. The molecule has 1 fully saturated rings. The molecule has 0 aromatic heterocycles. The van der Waals surface area contributed by atoms with E-state index in [2.05, 4.69) is 0 Å². The highest BCUT2D eigenvalue weighted by atomic mass is 35.5. The van der Waals surface area contributed by atoms with Gasteiger partial charge < -0.3 is 0 Å². The summed E-state index contributed by atoms with van der Waals surface area (Å²) in [6, 6.07) is 5.00. The van der Waals surface area contributed by atoms with Crippen molar-refractivity contribution in [2.45, 2.75) is 37.1 Å². The second-order valence-corrected chi connectivity index (χ2v) is 7.44. The number of halogens is 2. The van der Waals surface area contributed by atoms with Crippen molar-refractivity contribution in [3.8, 4) is 6.07 Å². The van der Waals surface area contributed by atoms with Gasteiger partial charge in [-0.2, -0.15) is 9.57 Å². The minimum absolute atomic E-state index is 0.106. The standard InChI is InChI=1S/C14H16ClFN2O2S/c1-10(11-3-4-11)18(8-2-7-17)21(19,20)14-6-5-12(16)9-13(14)15/h5-6,9-11H,2-4,8H2,1H3/t10-/m0/s1. The Morgan fingerprint density at radius 1 is 1.52 bits per heavy atom. The molecule has 0 N–H and O–H groups in total. The van der Waals surface area contributed by atoms with E-state index in [4.69, 9.17) is 16.9 Å². The van der Waals surface area contributed by atoms with Crippen molar-refractivity contribution in [3.63, 3.8) is 0 Å². The Bertz CT molecular complexity index is 668. The molecule has 2 rings (SSSR count). The fourth-order valence-corrected chi connectivity index (χ4v) is 4.53. The van der Waals surface area contributed by atoms with Gasteiger partial charge in [-0.3, -0.25) is 0 Å². The van der Waals surface area contributed by atoms with Crippen LogP contribution in [0.2, 0.25) is 5.02 Å². The van der Waals surface area contributed by atoms with Gasteiger partial charge >= 0.3 is 0 Å². The molecule has 4 nitrogen and oxygen atoms in total. The molecule has 0 aliphatic heterocycles. The quantitative estimate of drug-likeness (QED) is 0.804. The summed E-state index contributed by atoms with van der Waals surface area (Å²) in [5, 5.41) is 8.59. The molecule has 0 heterocycles. The van der Waals surface area contributed by atoms with Gasteiger partial charge in [0, 0.05) is 19.0 Å². The predicted octanol–water partition coefficient (Wildman–Crippen LogP) is 3.18. The van der Waals surface area contributed by atoms with Gasteiger partial charge in [-0.15, -0.1) is 0 Å². The van der Waals surface area contributed by atoms with Crippen molar-refractivity contribution in [2.24, 2.45) is 5.92 Å². The lowest BCUT2D eigenvalue weighted by Crippen LogP contribution is -2.40. The molecule has 0 spiro atoms. The van der Waals surface area contributed by atoms with Crippen LogP contribution in [-0.2, 0) is 10.0 Å². The number of sulfonamides is 1. The minimum atomic E-state index is -3.84. The maximum Gasteiger partial charge on any atom is 0.244 e. The van der Waals surface area contributed by atoms with Gasteiger partial charge in [-0.1, -0.05) is 11.6 Å². The van der Waals surface area contributed by atoms with E-state index >= 15 is 0 Å². The Labute approximate surface area is 129 Å². The number of hydrogen-bond donors (Lipinski definition) is 0. The van der Waals surface area contributed by atoms with Gasteiger partial charge in [0.15, 0.2) is 0 Å². The zero-order valence-electron chi connectivity index (χ0n) is 11.6. The van der Waals surface area contributed by atoms with Crippen LogP contribution in [0.15, 0.2) is 23.1 Å². The number of nitrogens with zero attached hydrogens (tertiary/aromatic N) is 2. The summed E-state index contributed by atoms with van der Waals surface area (Å²) in [4.78, 5) is -0.115. The number of rotatable bonds is 6. The summed E-state index contributed by atoms with van der Waals surface area (Å²) in [5.74, 6) is -0.268. The van der Waals surface area contributed by atoms with E-state index < -0.39 is 15.8 Å². The third-order valence-corrected chi connectivity index (χ3v) is 6.15. The average molecular weight is 331 g/mol. The molecule has 1 aromatic rings. The molecule has 7 heteroatoms. The maximum atomic E-state index is 13.1. The first kappa shape index (κ1) is 16.2. The van der Waals surface area contributed by atoms with Gasteiger partial charge in [0.25, 0.3) is 0 Å². The van der Waals surface area contributed by atoms with Crippen LogP contribution in [0.4, 0.5) is 4.39 Å². The zero-order chi connectivity index (χ0) is 15.6. The second-order valence-electron chi connectivity index (χ2n) is 5.18. The van der Waals surface area contributed by atoms with Crippen LogP contribution in [0.5, 0.6) is 0 Å². The van der Waals surface area contributed by atoms with E-state index in [1.54, 1.807) is 0 Å². The van der Waals surface area contributed by atoms with E-state index in [0.717, 1.165) is 25.0 Å². The molecule has 0 radical (unpaired) electrons. The summed E-state index contributed by atoms with van der Waals surface area (Å²) >= 11 is 5.88. The molecule has 0 saturated heterocycles. The van der Waals surface area contributed by atoms with E-state index in [0.29, 0.717) is 5.92 Å². The summed E-state index contributed by atoms with van der Waals surface area (Å²) in [5.41, 5.74) is 0. The molecule has 1 saturated carbocycles. The largest absolute Gasteiger partial charge is 0.244 e. The van der Waals surface area contributed by atoms with Gasteiger partial charge in [-0.05, 0) is 43.9 Å². The van der Waals surface area contributed by atoms with Crippen molar-refractivity contribution in [2.75, 3.05) is 6.54 Å². The highest BCUT2D eigenvalue weighted by molar-refractivity contribution is 7.89. The number of nitriles is 1. The Hall–Kier alpha value is -1.16. The normalized spacial score (nSPS) is 16.7. The molecule has 0 unspecified atom stereocenters. The van der Waals surface area contributed by atoms with E-state index in [9.17, 15) is 12.8 Å². The van der Waals surface area contributed by atoms with Crippen LogP contribution < -0.4 is 0 Å². The summed E-state index contributed by atoms with van der Waals surface area (Å²) in [7, 11) is -3.84. The zero-order valence-corrected chi connectivity index (χ0v) is 13.2. The predicted molar refractivity (Wildman–Crippen MR) is 77.7 cm³/mol. The van der Waals surface area contributed by atoms with Crippen molar-refractivity contribution in [1.82, 2.24) is 4.31 Å². The first-order valence-electron chi connectivity index (χ1n) is 6.71. The van der Waals surface area contributed by atoms with Gasteiger partial charge in [0.2, 0.25) is 10.0 Å². The lowest BCUT2D eigenvalue weighted by molar-refractivity contribution is 0.314. The Morgan fingerprint density at radius 2 is 2.19 bits per heavy atom. The van der Waals surface area contributed by atoms with E-state index in [1.807, 2.05) is 13.0 Å². The van der Waals surface area contributed by atoms with Crippen molar-refractivity contribution >= 4 is 21.6 Å². The van der Waals surface area contributed by atoms with E-state index in [-0.39, 0.29) is 28.9 Å². The van der Waals surface area contributed by atoms with Crippen LogP contribution >= 0.6 is 11.6 Å². The van der Waals surface area contributed by atoms with Crippen molar-refractivity contribution < 1.29 is 12.8 Å². The summed E-state index contributed by atoms with van der Waals surface area (Å²) in [6.07, 6.45) is 2.07. The topological polar surface area (TPSA) is 61.2 Å². The average Bonchev–Trinajstić information content (AvgIpc) is 3.22. The lowest BCUT2D eigenvalue weighted by Gasteiger charge is -2.28. The molecule has 1 aliphatic rings. The Kier molecular flexibility index (Phi) is 4.87. The number of hydrogen-bond acceptors (Lipinski definition) is 3. The SMILES string of the molecule is C[C@@H](C1CC1)N(CCC#N)S(=O)(=O)c1ccc(F)cc1Cl. The van der Waals surface area contributed by atoms with Crippen LogP contribution in [-0.4, -0.2) is 25.3 Å². The molecule has 1 aromatic carbocycles. The highest BCUT2D eigenvalue weighted by Gasteiger charge is 2.38. The lowest BCUT2D eigenvalue weighted by atomic mass is 10.2. The van der Waals surface area contributed by atoms with Crippen LogP contribution in [0.3, 0.4) is 0 Å². The van der Waals surface area contributed by atoms with Crippen LogP contribution in [0.1, 0.15) is 26.2 Å². The van der Waals surface area contributed by atoms with Crippen LogP contribution in [0, 0.1) is 23.1 Å².